The van der Waals surface area contributed by atoms with Gasteiger partial charge in [-0.1, -0.05) is 43.7 Å². The van der Waals surface area contributed by atoms with Crippen molar-refractivity contribution in [1.29, 1.82) is 0 Å². The molecule has 0 aliphatic carbocycles. The second-order valence-electron chi connectivity index (χ2n) is 11.0. The molecule has 44 heavy (non-hydrogen) atoms. The summed E-state index contributed by atoms with van der Waals surface area (Å²) in [7, 11) is -2.19. The molecule has 2 aliphatic rings. The molecule has 230 valence electrons. The number of hydrogen-bond donors (Lipinski definition) is 2. The quantitative estimate of drug-likeness (QED) is 0.346. The molecule has 2 heterocycles. The smallest absolute Gasteiger partial charge is 0.258 e. The zero-order chi connectivity index (χ0) is 31.4. The van der Waals surface area contributed by atoms with E-state index in [0.717, 1.165) is 18.4 Å². The molecule has 2 aliphatic heterocycles. The number of benzene rings is 3. The number of unbranched alkanes of at least 4 members (excludes halogenated alkanes) is 1. The summed E-state index contributed by atoms with van der Waals surface area (Å²) in [6.45, 7) is 5.91. The van der Waals surface area contributed by atoms with Crippen LogP contribution >= 0.6 is 0 Å². The molecular formula is C33H37N5O5S. The average molecular weight is 616 g/mol. The number of sulfonamides is 1. The third-order valence-corrected chi connectivity index (χ3v) is 9.85. The van der Waals surface area contributed by atoms with Crippen LogP contribution in [0.15, 0.2) is 77.7 Å². The number of carbonyl (C=O) groups is 3. The van der Waals surface area contributed by atoms with E-state index in [1.165, 1.54) is 17.3 Å². The van der Waals surface area contributed by atoms with Gasteiger partial charge in [0.1, 0.15) is 0 Å². The van der Waals surface area contributed by atoms with E-state index in [1.54, 1.807) is 53.2 Å². The van der Waals surface area contributed by atoms with Crippen LogP contribution in [0.2, 0.25) is 0 Å². The number of carbonyl (C=O) groups excluding carboxylic acids is 3. The Labute approximate surface area is 258 Å². The highest BCUT2D eigenvalue weighted by molar-refractivity contribution is 7.89. The SMILES string of the molecule is CCCCN(C)S(=O)(=O)c1ccc2c(c1)/C(=C(/Nc1ccc(C(=O)N3CCN(C(C)=O)CC3)cc1)c1ccccc1)C(=O)N2. The molecule has 0 radical (unpaired) electrons. The molecule has 3 aromatic carbocycles. The fourth-order valence-electron chi connectivity index (χ4n) is 5.37. The van der Waals surface area contributed by atoms with Crippen LogP contribution in [0.3, 0.4) is 0 Å². The van der Waals surface area contributed by atoms with Crippen molar-refractivity contribution in [2.24, 2.45) is 0 Å². The second kappa shape index (κ2) is 13.0. The van der Waals surface area contributed by atoms with Crippen LogP contribution in [-0.4, -0.2) is 80.0 Å². The summed E-state index contributed by atoms with van der Waals surface area (Å²) in [5, 5.41) is 6.25. The number of nitrogens with zero attached hydrogens (tertiary/aromatic N) is 3. The van der Waals surface area contributed by atoms with Gasteiger partial charge in [0.2, 0.25) is 15.9 Å². The molecule has 0 aromatic heterocycles. The first-order valence-corrected chi connectivity index (χ1v) is 16.2. The van der Waals surface area contributed by atoms with Gasteiger partial charge in [0.05, 0.1) is 16.2 Å². The molecule has 2 N–H and O–H groups in total. The Hall–Kier alpha value is -4.48. The summed E-state index contributed by atoms with van der Waals surface area (Å²) in [4.78, 5) is 41.8. The standard InChI is InChI=1S/C33H37N5O5S/c1-4-5-17-36(3)44(42,43)27-15-16-29-28(22-27)30(32(40)35-29)31(24-9-7-6-8-10-24)34-26-13-11-25(12-14-26)33(41)38-20-18-37(19-21-38)23(2)39/h6-16,22,34H,4-5,17-21H2,1-3H3,(H,35,40)/b31-30-. The minimum Gasteiger partial charge on any atom is -0.354 e. The summed E-state index contributed by atoms with van der Waals surface area (Å²) in [5.74, 6) is -0.452. The monoisotopic (exact) mass is 615 g/mol. The van der Waals surface area contributed by atoms with Crippen molar-refractivity contribution in [3.63, 3.8) is 0 Å². The lowest BCUT2D eigenvalue weighted by molar-refractivity contribution is -0.130. The van der Waals surface area contributed by atoms with E-state index in [2.05, 4.69) is 10.6 Å². The van der Waals surface area contributed by atoms with Gasteiger partial charge in [-0.3, -0.25) is 14.4 Å². The highest BCUT2D eigenvalue weighted by atomic mass is 32.2. The molecule has 0 atom stereocenters. The van der Waals surface area contributed by atoms with Gasteiger partial charge >= 0.3 is 0 Å². The maximum atomic E-state index is 13.4. The Morgan fingerprint density at radius 2 is 1.57 bits per heavy atom. The fraction of sp³-hybridized carbons (Fsp3) is 0.303. The van der Waals surface area contributed by atoms with Crippen LogP contribution < -0.4 is 10.6 Å². The first-order valence-electron chi connectivity index (χ1n) is 14.7. The highest BCUT2D eigenvalue weighted by Crippen LogP contribution is 2.39. The van der Waals surface area contributed by atoms with Gasteiger partial charge < -0.3 is 20.4 Å². The summed E-state index contributed by atoms with van der Waals surface area (Å²) in [5.41, 5.74) is 3.76. The van der Waals surface area contributed by atoms with Gasteiger partial charge in [-0.15, -0.1) is 0 Å². The molecule has 0 spiro atoms. The normalized spacial score (nSPS) is 16.0. The molecule has 1 fully saturated rings. The average Bonchev–Trinajstić information content (AvgIpc) is 3.37. The summed E-state index contributed by atoms with van der Waals surface area (Å²) in [6, 6.07) is 21.1. The first kappa shape index (κ1) is 31.0. The van der Waals surface area contributed by atoms with E-state index in [-0.39, 0.29) is 22.6 Å². The van der Waals surface area contributed by atoms with Crippen LogP contribution in [0.1, 0.15) is 48.2 Å². The number of amides is 3. The Kier molecular flexibility index (Phi) is 9.17. The molecule has 11 heteroatoms. The highest BCUT2D eigenvalue weighted by Gasteiger charge is 2.31. The van der Waals surface area contributed by atoms with Crippen molar-refractivity contribution < 1.29 is 22.8 Å². The first-order chi connectivity index (χ1) is 21.1. The lowest BCUT2D eigenvalue weighted by Gasteiger charge is -2.34. The van der Waals surface area contributed by atoms with E-state index < -0.39 is 10.0 Å². The summed E-state index contributed by atoms with van der Waals surface area (Å²) >= 11 is 0. The number of rotatable bonds is 9. The summed E-state index contributed by atoms with van der Waals surface area (Å²) in [6.07, 6.45) is 1.61. The Balaban J connectivity index is 1.47. The van der Waals surface area contributed by atoms with Gasteiger partial charge in [0.15, 0.2) is 0 Å². The van der Waals surface area contributed by atoms with Gasteiger partial charge in [-0.25, -0.2) is 12.7 Å². The largest absolute Gasteiger partial charge is 0.354 e. The van der Waals surface area contributed by atoms with Crippen molar-refractivity contribution in [3.05, 3.63) is 89.5 Å². The molecular weight excluding hydrogens is 578 g/mol. The van der Waals surface area contributed by atoms with Crippen molar-refractivity contribution in [2.75, 3.05) is 50.4 Å². The van der Waals surface area contributed by atoms with E-state index >= 15 is 0 Å². The maximum absolute atomic E-state index is 13.4. The minimum atomic E-state index is -3.76. The van der Waals surface area contributed by atoms with Gasteiger partial charge in [-0.2, -0.15) is 0 Å². The van der Waals surface area contributed by atoms with Crippen LogP contribution in [-0.2, 0) is 19.6 Å². The molecule has 0 saturated carbocycles. The number of anilines is 2. The van der Waals surface area contributed by atoms with Crippen LogP contribution in [0.4, 0.5) is 11.4 Å². The number of fused-ring (bicyclic) bond motifs is 1. The van der Waals surface area contributed by atoms with E-state index in [4.69, 9.17) is 0 Å². The summed E-state index contributed by atoms with van der Waals surface area (Å²) < 4.78 is 28.0. The molecule has 1 saturated heterocycles. The fourth-order valence-corrected chi connectivity index (χ4v) is 6.60. The van der Waals surface area contributed by atoms with Crippen molar-refractivity contribution in [1.82, 2.24) is 14.1 Å². The minimum absolute atomic E-state index is 0.00610. The van der Waals surface area contributed by atoms with Crippen molar-refractivity contribution >= 4 is 50.4 Å². The number of piperazine rings is 1. The van der Waals surface area contributed by atoms with Crippen LogP contribution in [0.25, 0.3) is 11.3 Å². The van der Waals surface area contributed by atoms with E-state index in [1.807, 2.05) is 37.3 Å². The third kappa shape index (κ3) is 6.39. The third-order valence-electron chi connectivity index (χ3n) is 8.00. The second-order valence-corrected chi connectivity index (χ2v) is 13.0. The van der Waals surface area contributed by atoms with Crippen LogP contribution in [0.5, 0.6) is 0 Å². The molecule has 0 bridgehead atoms. The zero-order valence-electron chi connectivity index (χ0n) is 25.2. The Bertz CT molecular complexity index is 1700. The van der Waals surface area contributed by atoms with E-state index in [0.29, 0.717) is 66.5 Å². The Morgan fingerprint density at radius 1 is 0.909 bits per heavy atom. The Morgan fingerprint density at radius 3 is 2.20 bits per heavy atom. The predicted octanol–water partition coefficient (Wildman–Crippen LogP) is 4.34. The predicted molar refractivity (Wildman–Crippen MR) is 171 cm³/mol. The lowest BCUT2D eigenvalue weighted by Crippen LogP contribution is -2.50. The van der Waals surface area contributed by atoms with E-state index in [9.17, 15) is 22.8 Å². The van der Waals surface area contributed by atoms with Gasteiger partial charge in [-0.05, 0) is 54.4 Å². The van der Waals surface area contributed by atoms with Crippen molar-refractivity contribution in [2.45, 2.75) is 31.6 Å². The maximum Gasteiger partial charge on any atom is 0.258 e. The molecule has 5 rings (SSSR count). The molecule has 3 amide bonds. The lowest BCUT2D eigenvalue weighted by atomic mass is 10.00. The number of hydrogen-bond acceptors (Lipinski definition) is 6. The molecule has 0 unspecified atom stereocenters. The van der Waals surface area contributed by atoms with Crippen LogP contribution in [0, 0.1) is 0 Å². The van der Waals surface area contributed by atoms with Gasteiger partial charge in [0, 0.05) is 69.2 Å². The zero-order valence-corrected chi connectivity index (χ0v) is 26.0. The van der Waals surface area contributed by atoms with Crippen molar-refractivity contribution in [3.8, 4) is 0 Å². The molecule has 3 aromatic rings. The topological polar surface area (TPSA) is 119 Å². The van der Waals surface area contributed by atoms with Gasteiger partial charge in [0.25, 0.3) is 11.8 Å². The number of nitrogens with one attached hydrogen (secondary N) is 2. The molecule has 10 nitrogen and oxygen atoms in total.